The van der Waals surface area contributed by atoms with Crippen molar-refractivity contribution >= 4 is 11.4 Å². The predicted molar refractivity (Wildman–Crippen MR) is 89.6 cm³/mol. The van der Waals surface area contributed by atoms with Crippen molar-refractivity contribution in [1.29, 1.82) is 5.26 Å². The van der Waals surface area contributed by atoms with Gasteiger partial charge in [-0.15, -0.1) is 0 Å². The van der Waals surface area contributed by atoms with Gasteiger partial charge in [0.1, 0.15) is 0 Å². The molecular formula is C18H27N3. The van der Waals surface area contributed by atoms with E-state index in [-0.39, 0.29) is 5.41 Å². The lowest BCUT2D eigenvalue weighted by molar-refractivity contribution is 0.430. The number of hydrogen-bond acceptors (Lipinski definition) is 3. The zero-order chi connectivity index (χ0) is 15.1. The average molecular weight is 285 g/mol. The standard InChI is InChI=1S/C18H27N3/c1-18(2,15-19)11-3-4-12-20-16-7-9-17(10-8-16)21-13-5-6-14-21/h7-10,20H,3-6,11-14H2,1-2H3. The molecular weight excluding hydrogens is 258 g/mol. The highest BCUT2D eigenvalue weighted by Gasteiger charge is 2.15. The quantitative estimate of drug-likeness (QED) is 0.754. The van der Waals surface area contributed by atoms with Gasteiger partial charge in [0, 0.05) is 31.0 Å². The molecule has 0 amide bonds. The Kier molecular flexibility index (Phi) is 5.50. The van der Waals surface area contributed by atoms with Gasteiger partial charge in [0.05, 0.1) is 11.5 Å². The first-order chi connectivity index (χ1) is 10.1. The molecule has 0 unspecified atom stereocenters. The Balaban J connectivity index is 1.68. The van der Waals surface area contributed by atoms with Crippen molar-refractivity contribution in [2.24, 2.45) is 5.41 Å². The van der Waals surface area contributed by atoms with Crippen molar-refractivity contribution < 1.29 is 0 Å². The van der Waals surface area contributed by atoms with Crippen LogP contribution in [0.5, 0.6) is 0 Å². The van der Waals surface area contributed by atoms with Crippen LogP contribution in [0.2, 0.25) is 0 Å². The van der Waals surface area contributed by atoms with Crippen LogP contribution in [0.3, 0.4) is 0 Å². The Bertz CT molecular complexity index is 464. The lowest BCUT2D eigenvalue weighted by Gasteiger charge is -2.18. The van der Waals surface area contributed by atoms with Gasteiger partial charge in [-0.2, -0.15) is 5.26 Å². The summed E-state index contributed by atoms with van der Waals surface area (Å²) in [6.07, 6.45) is 5.82. The Morgan fingerprint density at radius 3 is 2.43 bits per heavy atom. The molecule has 3 heteroatoms. The third-order valence-electron chi connectivity index (χ3n) is 4.20. The van der Waals surface area contributed by atoms with Crippen LogP contribution in [0.25, 0.3) is 0 Å². The SMILES string of the molecule is CC(C)(C#N)CCCCNc1ccc(N2CCCC2)cc1. The van der Waals surface area contributed by atoms with Crippen LogP contribution in [0.15, 0.2) is 24.3 Å². The highest BCUT2D eigenvalue weighted by molar-refractivity contribution is 5.55. The second-order valence-corrected chi connectivity index (χ2v) is 6.62. The Morgan fingerprint density at radius 2 is 1.81 bits per heavy atom. The molecule has 0 saturated carbocycles. The number of nitrogens with zero attached hydrogens (tertiary/aromatic N) is 2. The van der Waals surface area contributed by atoms with E-state index >= 15 is 0 Å². The van der Waals surface area contributed by atoms with Gasteiger partial charge in [0.2, 0.25) is 0 Å². The van der Waals surface area contributed by atoms with Crippen LogP contribution in [-0.4, -0.2) is 19.6 Å². The van der Waals surface area contributed by atoms with Gasteiger partial charge in [-0.1, -0.05) is 6.42 Å². The third-order valence-corrected chi connectivity index (χ3v) is 4.20. The average Bonchev–Trinajstić information content (AvgIpc) is 3.02. The zero-order valence-corrected chi connectivity index (χ0v) is 13.4. The van der Waals surface area contributed by atoms with Gasteiger partial charge in [0.25, 0.3) is 0 Å². The lowest BCUT2D eigenvalue weighted by atomic mass is 9.89. The van der Waals surface area contributed by atoms with Crippen molar-refractivity contribution in [3.8, 4) is 6.07 Å². The monoisotopic (exact) mass is 285 g/mol. The minimum Gasteiger partial charge on any atom is -0.385 e. The molecule has 0 radical (unpaired) electrons. The van der Waals surface area contributed by atoms with Crippen molar-refractivity contribution in [3.05, 3.63) is 24.3 Å². The van der Waals surface area contributed by atoms with E-state index in [1.54, 1.807) is 0 Å². The second kappa shape index (κ2) is 7.36. The summed E-state index contributed by atoms with van der Waals surface area (Å²) in [5.74, 6) is 0. The van der Waals surface area contributed by atoms with Crippen LogP contribution < -0.4 is 10.2 Å². The topological polar surface area (TPSA) is 39.1 Å². The molecule has 114 valence electrons. The summed E-state index contributed by atoms with van der Waals surface area (Å²) in [5, 5.41) is 12.4. The lowest BCUT2D eigenvalue weighted by Crippen LogP contribution is -2.17. The van der Waals surface area contributed by atoms with Crippen LogP contribution in [0.1, 0.15) is 46.0 Å². The van der Waals surface area contributed by atoms with E-state index in [4.69, 9.17) is 5.26 Å². The van der Waals surface area contributed by atoms with E-state index in [0.29, 0.717) is 0 Å². The van der Waals surface area contributed by atoms with Gasteiger partial charge in [-0.3, -0.25) is 0 Å². The Labute approximate surface area is 129 Å². The number of nitrogens with one attached hydrogen (secondary N) is 1. The number of anilines is 2. The summed E-state index contributed by atoms with van der Waals surface area (Å²) in [4.78, 5) is 2.45. The van der Waals surface area contributed by atoms with Crippen LogP contribution >= 0.6 is 0 Å². The van der Waals surface area contributed by atoms with Crippen LogP contribution in [0, 0.1) is 16.7 Å². The Hall–Kier alpha value is -1.69. The van der Waals surface area contributed by atoms with E-state index in [1.165, 1.54) is 37.3 Å². The molecule has 1 saturated heterocycles. The minimum absolute atomic E-state index is 0.183. The first-order valence-electron chi connectivity index (χ1n) is 8.11. The van der Waals surface area contributed by atoms with Crippen LogP contribution in [0.4, 0.5) is 11.4 Å². The summed E-state index contributed by atoms with van der Waals surface area (Å²) < 4.78 is 0. The number of hydrogen-bond donors (Lipinski definition) is 1. The van der Waals surface area contributed by atoms with Crippen molar-refractivity contribution in [2.45, 2.75) is 46.0 Å². The fraction of sp³-hybridized carbons (Fsp3) is 0.611. The molecule has 0 aliphatic carbocycles. The summed E-state index contributed by atoms with van der Waals surface area (Å²) >= 11 is 0. The summed E-state index contributed by atoms with van der Waals surface area (Å²) in [5.41, 5.74) is 2.35. The highest BCUT2D eigenvalue weighted by atomic mass is 15.1. The van der Waals surface area contributed by atoms with Crippen molar-refractivity contribution in [1.82, 2.24) is 0 Å². The number of nitriles is 1. The molecule has 0 bridgehead atoms. The summed E-state index contributed by atoms with van der Waals surface area (Å²) in [6.45, 7) is 7.39. The molecule has 1 aromatic rings. The van der Waals surface area contributed by atoms with E-state index in [9.17, 15) is 0 Å². The fourth-order valence-corrected chi connectivity index (χ4v) is 2.75. The van der Waals surface area contributed by atoms with Gasteiger partial charge < -0.3 is 10.2 Å². The maximum absolute atomic E-state index is 8.97. The molecule has 3 nitrogen and oxygen atoms in total. The zero-order valence-electron chi connectivity index (χ0n) is 13.4. The normalized spacial score (nSPS) is 15.0. The molecule has 1 N–H and O–H groups in total. The van der Waals surface area contributed by atoms with Crippen molar-refractivity contribution in [3.63, 3.8) is 0 Å². The van der Waals surface area contributed by atoms with Gasteiger partial charge in [-0.25, -0.2) is 0 Å². The first-order valence-corrected chi connectivity index (χ1v) is 8.11. The van der Waals surface area contributed by atoms with Crippen molar-refractivity contribution in [2.75, 3.05) is 29.9 Å². The maximum Gasteiger partial charge on any atom is 0.0683 e. The van der Waals surface area contributed by atoms with Gasteiger partial charge in [-0.05, 0) is 63.8 Å². The second-order valence-electron chi connectivity index (χ2n) is 6.62. The largest absolute Gasteiger partial charge is 0.385 e. The highest BCUT2D eigenvalue weighted by Crippen LogP contribution is 2.23. The predicted octanol–water partition coefficient (Wildman–Crippen LogP) is 4.42. The molecule has 1 heterocycles. The third kappa shape index (κ3) is 4.97. The van der Waals surface area contributed by atoms with E-state index < -0.39 is 0 Å². The number of rotatable bonds is 7. The molecule has 1 fully saturated rings. The molecule has 1 aliphatic heterocycles. The molecule has 2 rings (SSSR count). The van der Waals surface area contributed by atoms with E-state index in [2.05, 4.69) is 40.6 Å². The molecule has 1 aliphatic rings. The number of unbranched alkanes of at least 4 members (excludes halogenated alkanes) is 1. The van der Waals surface area contributed by atoms with Crippen LogP contribution in [-0.2, 0) is 0 Å². The molecule has 0 aromatic heterocycles. The van der Waals surface area contributed by atoms with Gasteiger partial charge >= 0.3 is 0 Å². The molecule has 1 aromatic carbocycles. The molecule has 0 atom stereocenters. The summed E-state index contributed by atoms with van der Waals surface area (Å²) in [6, 6.07) is 11.1. The fourth-order valence-electron chi connectivity index (χ4n) is 2.75. The molecule has 0 spiro atoms. The van der Waals surface area contributed by atoms with E-state index in [0.717, 1.165) is 25.8 Å². The maximum atomic E-state index is 8.97. The molecule has 21 heavy (non-hydrogen) atoms. The van der Waals surface area contributed by atoms with Gasteiger partial charge in [0.15, 0.2) is 0 Å². The first kappa shape index (κ1) is 15.7. The van der Waals surface area contributed by atoms with E-state index in [1.807, 2.05) is 13.8 Å². The smallest absolute Gasteiger partial charge is 0.0683 e. The summed E-state index contributed by atoms with van der Waals surface area (Å²) in [7, 11) is 0. The Morgan fingerprint density at radius 1 is 1.14 bits per heavy atom. The minimum atomic E-state index is -0.183. The number of benzene rings is 1.